The van der Waals surface area contributed by atoms with Crippen LogP contribution >= 0.6 is 12.4 Å². The molecule has 1 atom stereocenters. The predicted octanol–water partition coefficient (Wildman–Crippen LogP) is 0.973. The maximum absolute atomic E-state index is 11.8. The maximum atomic E-state index is 11.8. The maximum Gasteiger partial charge on any atom is 0.237 e. The molecule has 0 aromatic carbocycles. The number of halogens is 1. The number of rotatable bonds is 6. The summed E-state index contributed by atoms with van der Waals surface area (Å²) >= 11 is 0. The van der Waals surface area contributed by atoms with Gasteiger partial charge in [0.1, 0.15) is 0 Å². The van der Waals surface area contributed by atoms with E-state index in [0.29, 0.717) is 13.1 Å². The van der Waals surface area contributed by atoms with Crippen LogP contribution in [-0.4, -0.2) is 37.5 Å². The second kappa shape index (κ2) is 9.19. The Morgan fingerprint density at radius 1 is 0.950 bits per heavy atom. The van der Waals surface area contributed by atoms with Crippen LogP contribution in [0.3, 0.4) is 0 Å². The Labute approximate surface area is 127 Å². The van der Waals surface area contributed by atoms with Crippen LogP contribution in [0.25, 0.3) is 0 Å². The Morgan fingerprint density at radius 3 is 2.20 bits per heavy atom. The fourth-order valence-electron chi connectivity index (χ4n) is 2.53. The zero-order chi connectivity index (χ0) is 13.5. The van der Waals surface area contributed by atoms with E-state index in [1.807, 2.05) is 0 Å². The lowest BCUT2D eigenvalue weighted by Gasteiger charge is -2.24. The van der Waals surface area contributed by atoms with E-state index in [2.05, 4.69) is 16.0 Å². The molecular weight excluding hydrogens is 278 g/mol. The van der Waals surface area contributed by atoms with Crippen molar-refractivity contribution in [2.75, 3.05) is 19.6 Å². The third-order valence-corrected chi connectivity index (χ3v) is 4.05. The molecule has 20 heavy (non-hydrogen) atoms. The van der Waals surface area contributed by atoms with Crippen molar-refractivity contribution in [2.24, 2.45) is 5.92 Å². The van der Waals surface area contributed by atoms with E-state index in [9.17, 15) is 9.59 Å². The van der Waals surface area contributed by atoms with Gasteiger partial charge in [0.2, 0.25) is 11.8 Å². The standard InChI is InChI=1S/C14H25N3O2.ClH/c18-13(11-5-3-6-11)16-9-4-10-17-14(19)12-7-1-2-8-15-12;/h11-12,15H,1-10H2,(H,16,18)(H,17,19);1H. The summed E-state index contributed by atoms with van der Waals surface area (Å²) in [6.45, 7) is 2.24. The van der Waals surface area contributed by atoms with Crippen LogP contribution < -0.4 is 16.0 Å². The number of amides is 2. The highest BCUT2D eigenvalue weighted by molar-refractivity contribution is 5.85. The Balaban J connectivity index is 0.00000200. The molecule has 2 fully saturated rings. The smallest absolute Gasteiger partial charge is 0.237 e. The molecule has 116 valence electrons. The van der Waals surface area contributed by atoms with E-state index in [0.717, 1.165) is 45.1 Å². The Morgan fingerprint density at radius 2 is 1.65 bits per heavy atom. The molecule has 5 nitrogen and oxygen atoms in total. The van der Waals surface area contributed by atoms with Gasteiger partial charge in [-0.1, -0.05) is 12.8 Å². The second-order valence-corrected chi connectivity index (χ2v) is 5.57. The summed E-state index contributed by atoms with van der Waals surface area (Å²) in [4.78, 5) is 23.4. The molecule has 1 unspecified atom stereocenters. The normalized spacial score (nSPS) is 22.3. The number of hydrogen-bond acceptors (Lipinski definition) is 3. The molecule has 0 spiro atoms. The van der Waals surface area contributed by atoms with E-state index in [-0.39, 0.29) is 36.2 Å². The zero-order valence-electron chi connectivity index (χ0n) is 12.0. The molecule has 2 aliphatic rings. The van der Waals surface area contributed by atoms with Crippen molar-refractivity contribution >= 4 is 24.2 Å². The van der Waals surface area contributed by atoms with E-state index in [1.54, 1.807) is 0 Å². The summed E-state index contributed by atoms with van der Waals surface area (Å²) in [5, 5.41) is 9.09. The lowest BCUT2D eigenvalue weighted by atomic mass is 9.85. The zero-order valence-corrected chi connectivity index (χ0v) is 12.8. The molecule has 3 N–H and O–H groups in total. The third-order valence-electron chi connectivity index (χ3n) is 4.05. The lowest BCUT2D eigenvalue weighted by Crippen LogP contribution is -2.47. The minimum atomic E-state index is -0.0154. The van der Waals surface area contributed by atoms with Gasteiger partial charge in [-0.05, 0) is 38.6 Å². The van der Waals surface area contributed by atoms with Crippen molar-refractivity contribution in [1.82, 2.24) is 16.0 Å². The van der Waals surface area contributed by atoms with Crippen LogP contribution in [0, 0.1) is 5.92 Å². The highest BCUT2D eigenvalue weighted by atomic mass is 35.5. The lowest BCUT2D eigenvalue weighted by molar-refractivity contribution is -0.127. The molecule has 1 heterocycles. The van der Waals surface area contributed by atoms with E-state index in [1.165, 1.54) is 6.42 Å². The van der Waals surface area contributed by atoms with Gasteiger partial charge in [-0.15, -0.1) is 12.4 Å². The number of hydrogen-bond donors (Lipinski definition) is 3. The molecule has 0 bridgehead atoms. The quantitative estimate of drug-likeness (QED) is 0.641. The fourth-order valence-corrected chi connectivity index (χ4v) is 2.53. The first-order chi connectivity index (χ1) is 9.27. The summed E-state index contributed by atoms with van der Waals surface area (Å²) in [5.74, 6) is 0.539. The van der Waals surface area contributed by atoms with Gasteiger partial charge in [0.05, 0.1) is 6.04 Å². The number of carbonyl (C=O) groups is 2. The Bertz CT molecular complexity index is 316. The van der Waals surface area contributed by atoms with Crippen LogP contribution in [0.1, 0.15) is 44.9 Å². The molecule has 0 aromatic rings. The van der Waals surface area contributed by atoms with Crippen LogP contribution in [0.5, 0.6) is 0 Å². The second-order valence-electron chi connectivity index (χ2n) is 5.57. The molecule has 1 saturated carbocycles. The molecular formula is C14H26ClN3O2. The van der Waals surface area contributed by atoms with Crippen molar-refractivity contribution in [3.8, 4) is 0 Å². The van der Waals surface area contributed by atoms with Crippen molar-refractivity contribution in [1.29, 1.82) is 0 Å². The summed E-state index contributed by atoms with van der Waals surface area (Å²) in [5.41, 5.74) is 0. The first-order valence-electron chi connectivity index (χ1n) is 7.56. The van der Waals surface area contributed by atoms with E-state index in [4.69, 9.17) is 0 Å². The Kier molecular flexibility index (Phi) is 7.92. The minimum Gasteiger partial charge on any atom is -0.356 e. The highest BCUT2D eigenvalue weighted by Crippen LogP contribution is 2.25. The van der Waals surface area contributed by atoms with Crippen molar-refractivity contribution in [2.45, 2.75) is 51.0 Å². The van der Waals surface area contributed by atoms with Gasteiger partial charge < -0.3 is 16.0 Å². The van der Waals surface area contributed by atoms with Crippen molar-refractivity contribution in [3.63, 3.8) is 0 Å². The predicted molar refractivity (Wildman–Crippen MR) is 80.9 cm³/mol. The monoisotopic (exact) mass is 303 g/mol. The summed E-state index contributed by atoms with van der Waals surface area (Å²) in [6.07, 6.45) is 7.29. The summed E-state index contributed by atoms with van der Waals surface area (Å²) in [7, 11) is 0. The van der Waals surface area contributed by atoms with Crippen LogP contribution in [0.4, 0.5) is 0 Å². The van der Waals surface area contributed by atoms with Gasteiger partial charge >= 0.3 is 0 Å². The third kappa shape index (κ3) is 5.29. The molecule has 1 saturated heterocycles. The molecule has 2 rings (SSSR count). The molecule has 2 amide bonds. The topological polar surface area (TPSA) is 70.2 Å². The molecule has 6 heteroatoms. The van der Waals surface area contributed by atoms with Crippen molar-refractivity contribution in [3.05, 3.63) is 0 Å². The molecule has 0 radical (unpaired) electrons. The first-order valence-corrected chi connectivity index (χ1v) is 7.56. The molecule has 1 aliphatic heterocycles. The van der Waals surface area contributed by atoms with Crippen LogP contribution in [0.15, 0.2) is 0 Å². The average molecular weight is 304 g/mol. The number of piperidine rings is 1. The van der Waals surface area contributed by atoms with E-state index < -0.39 is 0 Å². The Hall–Kier alpha value is -0.810. The number of carbonyl (C=O) groups excluding carboxylic acids is 2. The molecule has 0 aromatic heterocycles. The van der Waals surface area contributed by atoms with Crippen molar-refractivity contribution < 1.29 is 9.59 Å². The van der Waals surface area contributed by atoms with Gasteiger partial charge in [0.15, 0.2) is 0 Å². The highest BCUT2D eigenvalue weighted by Gasteiger charge is 2.24. The average Bonchev–Trinajstić information content (AvgIpc) is 2.37. The van der Waals surface area contributed by atoms with Gasteiger partial charge in [0.25, 0.3) is 0 Å². The van der Waals surface area contributed by atoms with E-state index >= 15 is 0 Å². The van der Waals surface area contributed by atoms with Gasteiger partial charge in [-0.3, -0.25) is 9.59 Å². The summed E-state index contributed by atoms with van der Waals surface area (Å²) < 4.78 is 0. The first kappa shape index (κ1) is 17.2. The fraction of sp³-hybridized carbons (Fsp3) is 0.857. The largest absolute Gasteiger partial charge is 0.356 e. The number of nitrogens with one attached hydrogen (secondary N) is 3. The van der Waals surface area contributed by atoms with Crippen LogP contribution in [-0.2, 0) is 9.59 Å². The molecule has 1 aliphatic carbocycles. The van der Waals surface area contributed by atoms with Gasteiger partial charge in [0, 0.05) is 19.0 Å². The minimum absolute atomic E-state index is 0. The SMILES string of the molecule is Cl.O=C(NCCCNC(=O)C1CCCCN1)C1CCC1. The van der Waals surface area contributed by atoms with Crippen LogP contribution in [0.2, 0.25) is 0 Å². The van der Waals surface area contributed by atoms with Gasteiger partial charge in [-0.25, -0.2) is 0 Å². The summed E-state index contributed by atoms with van der Waals surface area (Å²) in [6, 6.07) is -0.0154. The van der Waals surface area contributed by atoms with Gasteiger partial charge in [-0.2, -0.15) is 0 Å².